The maximum atomic E-state index is 12.5. The number of amides is 2. The molecule has 1 aromatic rings. The molecule has 2 amide bonds. The number of benzene rings is 1. The van der Waals surface area contributed by atoms with Crippen molar-refractivity contribution in [3.63, 3.8) is 0 Å². The first-order valence-electron chi connectivity index (χ1n) is 7.90. The minimum absolute atomic E-state index is 0. The summed E-state index contributed by atoms with van der Waals surface area (Å²) in [6.07, 6.45) is -0.00610. The van der Waals surface area contributed by atoms with Crippen LogP contribution in [0.4, 0.5) is 5.69 Å². The molecular weight excluding hydrogens is 389 g/mol. The number of hydrogen-bond acceptors (Lipinski definition) is 4. The van der Waals surface area contributed by atoms with Crippen molar-refractivity contribution < 1.29 is 14.7 Å². The van der Waals surface area contributed by atoms with E-state index in [0.29, 0.717) is 48.3 Å². The molecule has 3 unspecified atom stereocenters. The molecule has 0 aliphatic carbocycles. The molecule has 3 N–H and O–H groups in total. The average molecular weight is 409 g/mol. The highest BCUT2D eigenvalue weighted by atomic mass is 35.5. The maximum absolute atomic E-state index is 12.5. The highest BCUT2D eigenvalue weighted by molar-refractivity contribution is 6.42. The molecule has 138 valence electrons. The first-order valence-corrected chi connectivity index (χ1v) is 8.66. The van der Waals surface area contributed by atoms with Crippen LogP contribution < -0.4 is 15.5 Å². The first kappa shape index (κ1) is 20.3. The van der Waals surface area contributed by atoms with E-state index in [2.05, 4.69) is 10.6 Å². The Bertz CT molecular complexity index is 659. The van der Waals surface area contributed by atoms with Crippen LogP contribution in [-0.2, 0) is 9.59 Å². The third-order valence-electron chi connectivity index (χ3n) is 4.58. The zero-order valence-corrected chi connectivity index (χ0v) is 15.7. The number of carbonyl (C=O) groups is 2. The van der Waals surface area contributed by atoms with Crippen molar-refractivity contribution in [3.05, 3.63) is 28.2 Å². The molecule has 2 fully saturated rings. The number of rotatable bonds is 4. The number of halogens is 3. The Morgan fingerprint density at radius 2 is 2.08 bits per heavy atom. The molecular formula is C16H20Cl3N3O3. The van der Waals surface area contributed by atoms with Crippen LogP contribution in [-0.4, -0.2) is 49.2 Å². The zero-order valence-electron chi connectivity index (χ0n) is 13.4. The lowest BCUT2D eigenvalue weighted by Crippen LogP contribution is -2.40. The van der Waals surface area contributed by atoms with Crippen LogP contribution in [0.2, 0.25) is 10.0 Å². The summed E-state index contributed by atoms with van der Waals surface area (Å²) in [5, 5.41) is 16.4. The molecule has 0 aromatic heterocycles. The van der Waals surface area contributed by atoms with E-state index in [0.717, 1.165) is 0 Å². The molecule has 0 spiro atoms. The maximum Gasteiger partial charge on any atom is 0.239 e. The van der Waals surface area contributed by atoms with Gasteiger partial charge in [0.15, 0.2) is 0 Å². The second-order valence-corrected chi connectivity index (χ2v) is 6.97. The van der Waals surface area contributed by atoms with Crippen molar-refractivity contribution >= 4 is 53.1 Å². The summed E-state index contributed by atoms with van der Waals surface area (Å²) in [6, 6.07) is 4.98. The number of carbonyl (C=O) groups excluding carboxylic acids is 2. The summed E-state index contributed by atoms with van der Waals surface area (Å²) in [5.41, 5.74) is 0.639. The first-order chi connectivity index (χ1) is 11.5. The monoisotopic (exact) mass is 407 g/mol. The smallest absolute Gasteiger partial charge is 0.239 e. The van der Waals surface area contributed by atoms with Gasteiger partial charge in [-0.1, -0.05) is 23.2 Å². The summed E-state index contributed by atoms with van der Waals surface area (Å²) in [7, 11) is 0. The van der Waals surface area contributed by atoms with Crippen LogP contribution in [0.5, 0.6) is 0 Å². The van der Waals surface area contributed by atoms with E-state index < -0.39 is 12.0 Å². The Morgan fingerprint density at radius 3 is 2.72 bits per heavy atom. The second-order valence-electron chi connectivity index (χ2n) is 6.16. The average Bonchev–Trinajstić information content (AvgIpc) is 3.14. The highest BCUT2D eigenvalue weighted by Gasteiger charge is 2.38. The van der Waals surface area contributed by atoms with Crippen molar-refractivity contribution in [1.82, 2.24) is 10.6 Å². The molecule has 1 aromatic carbocycles. The Balaban J connectivity index is 0.00000225. The molecule has 0 bridgehead atoms. The molecule has 25 heavy (non-hydrogen) atoms. The Morgan fingerprint density at radius 1 is 1.32 bits per heavy atom. The van der Waals surface area contributed by atoms with E-state index in [1.54, 1.807) is 23.1 Å². The lowest BCUT2D eigenvalue weighted by molar-refractivity contribution is -0.132. The fourth-order valence-corrected chi connectivity index (χ4v) is 3.41. The number of aliphatic hydroxyl groups excluding tert-OH is 1. The largest absolute Gasteiger partial charge is 0.391 e. The number of nitrogens with zero attached hydrogens (tertiary/aromatic N) is 1. The van der Waals surface area contributed by atoms with E-state index in [4.69, 9.17) is 23.2 Å². The standard InChI is InChI=1S/C16H19Cl2N3O3.ClH/c17-12-2-1-10(5-13(12)18)21-4-3-11(16(21)24)15(23)20-7-9-6-19-8-14(9)22;/h1-2,5,9,11,14,19,22H,3-4,6-8H2,(H,20,23);1H. The second kappa shape index (κ2) is 8.56. The normalized spacial score (nSPS) is 25.8. The fourth-order valence-electron chi connectivity index (χ4n) is 3.11. The third-order valence-corrected chi connectivity index (χ3v) is 5.32. The minimum atomic E-state index is -0.703. The topological polar surface area (TPSA) is 81.7 Å². The molecule has 0 saturated carbocycles. The number of anilines is 1. The van der Waals surface area contributed by atoms with E-state index >= 15 is 0 Å². The van der Waals surface area contributed by atoms with Gasteiger partial charge in [0.2, 0.25) is 11.8 Å². The van der Waals surface area contributed by atoms with Crippen molar-refractivity contribution in [2.24, 2.45) is 11.8 Å². The van der Waals surface area contributed by atoms with E-state index in [1.807, 2.05) is 0 Å². The van der Waals surface area contributed by atoms with Crippen LogP contribution in [0, 0.1) is 11.8 Å². The number of hydrogen-bond donors (Lipinski definition) is 3. The summed E-state index contributed by atoms with van der Waals surface area (Å²) in [6.45, 7) is 2.02. The number of β-amino-alcohol motifs (C(OH)–C–C–N with tert-alkyl or cyclic N) is 1. The van der Waals surface area contributed by atoms with Gasteiger partial charge in [0.25, 0.3) is 0 Å². The quantitative estimate of drug-likeness (QED) is 0.659. The molecule has 2 aliphatic heterocycles. The molecule has 3 atom stereocenters. The van der Waals surface area contributed by atoms with E-state index in [9.17, 15) is 14.7 Å². The van der Waals surface area contributed by atoms with Gasteiger partial charge in [-0.3, -0.25) is 9.59 Å². The van der Waals surface area contributed by atoms with Crippen molar-refractivity contribution in [1.29, 1.82) is 0 Å². The van der Waals surface area contributed by atoms with Gasteiger partial charge in [-0.15, -0.1) is 12.4 Å². The lowest BCUT2D eigenvalue weighted by atomic mass is 10.0. The van der Waals surface area contributed by atoms with Crippen molar-refractivity contribution in [2.45, 2.75) is 12.5 Å². The molecule has 9 heteroatoms. The Kier molecular flexibility index (Phi) is 6.93. The highest BCUT2D eigenvalue weighted by Crippen LogP contribution is 2.31. The van der Waals surface area contributed by atoms with Crippen LogP contribution in [0.1, 0.15) is 6.42 Å². The Labute approximate surface area is 162 Å². The summed E-state index contributed by atoms with van der Waals surface area (Å²) in [5.74, 6) is -1.25. The van der Waals surface area contributed by atoms with Crippen LogP contribution in [0.3, 0.4) is 0 Å². The van der Waals surface area contributed by atoms with E-state index in [1.165, 1.54) is 0 Å². The number of aliphatic hydroxyl groups is 1. The van der Waals surface area contributed by atoms with Crippen molar-refractivity contribution in [3.8, 4) is 0 Å². The number of nitrogens with one attached hydrogen (secondary N) is 2. The minimum Gasteiger partial charge on any atom is -0.391 e. The summed E-state index contributed by atoms with van der Waals surface area (Å²) in [4.78, 5) is 26.4. The SMILES string of the molecule is Cl.O=C(NCC1CNCC1O)C1CCN(c2ccc(Cl)c(Cl)c2)C1=O. The fraction of sp³-hybridized carbons (Fsp3) is 0.500. The van der Waals surface area contributed by atoms with Gasteiger partial charge in [0.05, 0.1) is 16.1 Å². The predicted molar refractivity (Wildman–Crippen MR) is 99.5 cm³/mol. The van der Waals surface area contributed by atoms with Crippen LogP contribution in [0.25, 0.3) is 0 Å². The predicted octanol–water partition coefficient (Wildman–Crippen LogP) is 1.46. The van der Waals surface area contributed by atoms with Gasteiger partial charge in [-0.05, 0) is 24.6 Å². The molecule has 6 nitrogen and oxygen atoms in total. The van der Waals surface area contributed by atoms with Gasteiger partial charge in [0, 0.05) is 37.8 Å². The van der Waals surface area contributed by atoms with Crippen molar-refractivity contribution in [2.75, 3.05) is 31.1 Å². The van der Waals surface area contributed by atoms with Gasteiger partial charge in [-0.25, -0.2) is 0 Å². The van der Waals surface area contributed by atoms with E-state index in [-0.39, 0.29) is 30.1 Å². The molecule has 2 heterocycles. The third kappa shape index (κ3) is 4.38. The molecule has 2 saturated heterocycles. The van der Waals surface area contributed by atoms with Gasteiger partial charge >= 0.3 is 0 Å². The molecule has 0 radical (unpaired) electrons. The van der Waals surface area contributed by atoms with Crippen LogP contribution >= 0.6 is 35.6 Å². The zero-order chi connectivity index (χ0) is 17.3. The lowest BCUT2D eigenvalue weighted by Gasteiger charge is -2.18. The molecule has 2 aliphatic rings. The Hall–Kier alpha value is -1.05. The molecule has 3 rings (SSSR count). The van der Waals surface area contributed by atoms with Gasteiger partial charge < -0.3 is 20.6 Å². The summed E-state index contributed by atoms with van der Waals surface area (Å²) < 4.78 is 0. The van der Waals surface area contributed by atoms with Crippen LogP contribution in [0.15, 0.2) is 18.2 Å². The van der Waals surface area contributed by atoms with Gasteiger partial charge in [0.1, 0.15) is 5.92 Å². The summed E-state index contributed by atoms with van der Waals surface area (Å²) >= 11 is 11.9. The van der Waals surface area contributed by atoms with Gasteiger partial charge in [-0.2, -0.15) is 0 Å².